The monoisotopic (exact) mass is 409 g/mol. The predicted octanol–water partition coefficient (Wildman–Crippen LogP) is 5.89. The summed E-state index contributed by atoms with van der Waals surface area (Å²) in [6.07, 6.45) is 0. The normalized spacial score (nSPS) is 10.8. The lowest BCUT2D eigenvalue weighted by Gasteiger charge is -2.07. The lowest BCUT2D eigenvalue weighted by atomic mass is 10.2. The van der Waals surface area contributed by atoms with Gasteiger partial charge in [-0.1, -0.05) is 17.7 Å². The van der Waals surface area contributed by atoms with Gasteiger partial charge in [0.15, 0.2) is 0 Å². The van der Waals surface area contributed by atoms with Crippen molar-refractivity contribution >= 4 is 60.5 Å². The third kappa shape index (κ3) is 3.22. The zero-order chi connectivity index (χ0) is 16.6. The average Bonchev–Trinajstić information content (AvgIpc) is 2.86. The zero-order valence-electron chi connectivity index (χ0n) is 12.4. The van der Waals surface area contributed by atoms with Crippen molar-refractivity contribution in [3.63, 3.8) is 0 Å². The molecule has 3 rings (SSSR count). The summed E-state index contributed by atoms with van der Waals surface area (Å²) in [6, 6.07) is 11.3. The average molecular weight is 411 g/mol. The van der Waals surface area contributed by atoms with Crippen LogP contribution in [0.1, 0.15) is 15.2 Å². The van der Waals surface area contributed by atoms with Gasteiger partial charge < -0.3 is 10.1 Å². The Kier molecular flexibility index (Phi) is 4.62. The Morgan fingerprint density at radius 3 is 2.74 bits per heavy atom. The van der Waals surface area contributed by atoms with Gasteiger partial charge in [-0.3, -0.25) is 4.79 Å². The fraction of sp³-hybridized carbons (Fsp3) is 0.118. The number of nitrogens with one attached hydrogen (secondary N) is 1. The number of amides is 1. The van der Waals surface area contributed by atoms with Crippen molar-refractivity contribution < 1.29 is 9.53 Å². The summed E-state index contributed by atoms with van der Waals surface area (Å²) in [5.74, 6) is 0.517. The van der Waals surface area contributed by atoms with Crippen LogP contribution in [0.3, 0.4) is 0 Å². The van der Waals surface area contributed by atoms with Crippen molar-refractivity contribution in [1.82, 2.24) is 0 Å². The lowest BCUT2D eigenvalue weighted by molar-refractivity contribution is 0.103. The Bertz CT molecular complexity index is 907. The van der Waals surface area contributed by atoms with Gasteiger partial charge in [0.1, 0.15) is 10.6 Å². The summed E-state index contributed by atoms with van der Waals surface area (Å²) >= 11 is 11.2. The molecule has 0 bridgehead atoms. The minimum atomic E-state index is -0.222. The number of rotatable bonds is 3. The quantitative estimate of drug-likeness (QED) is 0.585. The van der Waals surface area contributed by atoms with Gasteiger partial charge in [0, 0.05) is 14.6 Å². The van der Waals surface area contributed by atoms with E-state index in [1.165, 1.54) is 11.3 Å². The maximum Gasteiger partial charge on any atom is 0.267 e. The van der Waals surface area contributed by atoms with E-state index in [9.17, 15) is 4.79 Å². The molecule has 1 aromatic heterocycles. The Balaban J connectivity index is 1.95. The highest BCUT2D eigenvalue weighted by Crippen LogP contribution is 2.38. The standard InChI is InChI=1S/C17H13BrClNO2S/c1-9-3-6-13(12(18)7-9)20-17(21)16-15(19)11-5-4-10(22-2)8-14(11)23-16/h3-8H,1-2H3,(H,20,21). The number of methoxy groups -OCH3 is 1. The zero-order valence-corrected chi connectivity index (χ0v) is 15.6. The first-order valence-corrected chi connectivity index (χ1v) is 8.82. The van der Waals surface area contributed by atoms with E-state index in [0.717, 1.165) is 25.9 Å². The molecule has 1 N–H and O–H groups in total. The summed E-state index contributed by atoms with van der Waals surface area (Å²) < 4.78 is 6.97. The van der Waals surface area contributed by atoms with Gasteiger partial charge in [0.25, 0.3) is 5.91 Å². The highest BCUT2D eigenvalue weighted by atomic mass is 79.9. The van der Waals surface area contributed by atoms with Crippen molar-refractivity contribution in [3.05, 3.63) is 56.3 Å². The molecule has 2 aromatic carbocycles. The molecule has 118 valence electrons. The Morgan fingerprint density at radius 1 is 1.26 bits per heavy atom. The summed E-state index contributed by atoms with van der Waals surface area (Å²) in [6.45, 7) is 1.99. The maximum atomic E-state index is 12.6. The number of aryl methyl sites for hydroxylation is 1. The molecular formula is C17H13BrClNO2S. The number of hydrogen-bond donors (Lipinski definition) is 1. The third-order valence-electron chi connectivity index (χ3n) is 3.42. The van der Waals surface area contributed by atoms with E-state index in [0.29, 0.717) is 15.6 Å². The molecule has 3 aromatic rings. The number of ether oxygens (including phenoxy) is 1. The maximum absolute atomic E-state index is 12.6. The van der Waals surface area contributed by atoms with Crippen molar-refractivity contribution in [2.75, 3.05) is 12.4 Å². The minimum Gasteiger partial charge on any atom is -0.497 e. The molecule has 0 aliphatic rings. The van der Waals surface area contributed by atoms with Crippen LogP contribution in [0.15, 0.2) is 40.9 Å². The van der Waals surface area contributed by atoms with Crippen LogP contribution >= 0.6 is 38.9 Å². The van der Waals surface area contributed by atoms with Crippen LogP contribution in [-0.2, 0) is 0 Å². The summed E-state index contributed by atoms with van der Waals surface area (Å²) in [5.41, 5.74) is 1.83. The van der Waals surface area contributed by atoms with E-state index in [2.05, 4.69) is 21.2 Å². The molecule has 0 atom stereocenters. The number of fused-ring (bicyclic) bond motifs is 1. The van der Waals surface area contributed by atoms with Gasteiger partial charge in [0.05, 0.1) is 17.8 Å². The van der Waals surface area contributed by atoms with Crippen LogP contribution < -0.4 is 10.1 Å². The first-order valence-electron chi connectivity index (χ1n) is 6.83. The lowest BCUT2D eigenvalue weighted by Crippen LogP contribution is -2.11. The van der Waals surface area contributed by atoms with E-state index in [1.807, 2.05) is 43.3 Å². The van der Waals surface area contributed by atoms with Crippen LogP contribution in [-0.4, -0.2) is 13.0 Å². The topological polar surface area (TPSA) is 38.3 Å². The van der Waals surface area contributed by atoms with Gasteiger partial charge in [-0.25, -0.2) is 0 Å². The van der Waals surface area contributed by atoms with Crippen LogP contribution in [0.5, 0.6) is 5.75 Å². The van der Waals surface area contributed by atoms with Crippen molar-refractivity contribution in [2.45, 2.75) is 6.92 Å². The molecule has 0 aliphatic carbocycles. The second kappa shape index (κ2) is 6.51. The first-order chi connectivity index (χ1) is 11.0. The van der Waals surface area contributed by atoms with Crippen LogP contribution in [0.4, 0.5) is 5.69 Å². The molecular weight excluding hydrogens is 398 g/mol. The molecule has 23 heavy (non-hydrogen) atoms. The molecule has 6 heteroatoms. The van der Waals surface area contributed by atoms with Crippen molar-refractivity contribution in [3.8, 4) is 5.75 Å². The highest BCUT2D eigenvalue weighted by molar-refractivity contribution is 9.10. The van der Waals surface area contributed by atoms with E-state index in [4.69, 9.17) is 16.3 Å². The number of carbonyl (C=O) groups is 1. The molecule has 0 spiro atoms. The van der Waals surface area contributed by atoms with Gasteiger partial charge in [-0.2, -0.15) is 0 Å². The van der Waals surface area contributed by atoms with Crippen LogP contribution in [0.2, 0.25) is 5.02 Å². The Hall–Kier alpha value is -1.56. The largest absolute Gasteiger partial charge is 0.497 e. The Morgan fingerprint density at radius 2 is 2.04 bits per heavy atom. The number of halogens is 2. The number of benzene rings is 2. The Labute approximate surface area is 151 Å². The number of anilines is 1. The van der Waals surface area contributed by atoms with Gasteiger partial charge in [-0.15, -0.1) is 11.3 Å². The van der Waals surface area contributed by atoms with E-state index in [-0.39, 0.29) is 5.91 Å². The van der Waals surface area contributed by atoms with Crippen molar-refractivity contribution in [1.29, 1.82) is 0 Å². The fourth-order valence-corrected chi connectivity index (χ4v) is 4.25. The molecule has 0 aliphatic heterocycles. The van der Waals surface area contributed by atoms with Gasteiger partial charge >= 0.3 is 0 Å². The van der Waals surface area contributed by atoms with Crippen LogP contribution in [0.25, 0.3) is 10.1 Å². The third-order valence-corrected chi connectivity index (χ3v) is 5.73. The SMILES string of the molecule is COc1ccc2c(Cl)c(C(=O)Nc3ccc(C)cc3Br)sc2c1. The number of hydrogen-bond acceptors (Lipinski definition) is 3. The molecule has 0 saturated carbocycles. The minimum absolute atomic E-state index is 0.222. The van der Waals surface area contributed by atoms with Gasteiger partial charge in [0.2, 0.25) is 0 Å². The smallest absolute Gasteiger partial charge is 0.267 e. The van der Waals surface area contributed by atoms with E-state index in [1.54, 1.807) is 7.11 Å². The molecule has 3 nitrogen and oxygen atoms in total. The number of thiophene rings is 1. The van der Waals surface area contributed by atoms with E-state index < -0.39 is 0 Å². The predicted molar refractivity (Wildman–Crippen MR) is 100 cm³/mol. The van der Waals surface area contributed by atoms with E-state index >= 15 is 0 Å². The second-order valence-electron chi connectivity index (χ2n) is 5.04. The summed E-state index contributed by atoms with van der Waals surface area (Å²) in [4.78, 5) is 13.0. The first kappa shape index (κ1) is 16.3. The molecule has 0 unspecified atom stereocenters. The van der Waals surface area contributed by atoms with Crippen LogP contribution in [0, 0.1) is 6.92 Å². The molecule has 1 heterocycles. The summed E-state index contributed by atoms with van der Waals surface area (Å²) in [7, 11) is 1.61. The number of carbonyl (C=O) groups excluding carboxylic acids is 1. The summed E-state index contributed by atoms with van der Waals surface area (Å²) in [5, 5.41) is 4.21. The van der Waals surface area contributed by atoms with Gasteiger partial charge in [-0.05, 0) is 58.7 Å². The highest BCUT2D eigenvalue weighted by Gasteiger charge is 2.18. The molecule has 0 saturated heterocycles. The molecule has 0 radical (unpaired) electrons. The van der Waals surface area contributed by atoms with Crippen molar-refractivity contribution in [2.24, 2.45) is 0 Å². The fourth-order valence-electron chi connectivity index (χ4n) is 2.22. The molecule has 0 fully saturated rings. The molecule has 1 amide bonds. The second-order valence-corrected chi connectivity index (χ2v) is 7.33.